The first kappa shape index (κ1) is 12.9. The SMILES string of the molecule is CC1(C)NC(=O)C2(CCCC2)N(CC2CCC2)C1=O. The van der Waals surface area contributed by atoms with E-state index in [2.05, 4.69) is 5.32 Å². The van der Waals surface area contributed by atoms with Crippen LogP contribution >= 0.6 is 0 Å². The number of nitrogens with one attached hydrogen (secondary N) is 1. The molecule has 0 unspecified atom stereocenters. The lowest BCUT2D eigenvalue weighted by Crippen LogP contribution is -2.74. The van der Waals surface area contributed by atoms with Crippen LogP contribution in [0.1, 0.15) is 58.8 Å². The van der Waals surface area contributed by atoms with Gasteiger partial charge in [-0.2, -0.15) is 0 Å². The van der Waals surface area contributed by atoms with E-state index in [1.54, 1.807) is 0 Å². The van der Waals surface area contributed by atoms with Crippen molar-refractivity contribution in [3.63, 3.8) is 0 Å². The molecule has 1 aliphatic heterocycles. The third kappa shape index (κ3) is 1.87. The molecule has 4 heteroatoms. The molecule has 2 amide bonds. The topological polar surface area (TPSA) is 49.4 Å². The minimum atomic E-state index is -0.741. The van der Waals surface area contributed by atoms with Crippen molar-refractivity contribution in [3.8, 4) is 0 Å². The zero-order valence-corrected chi connectivity index (χ0v) is 12.0. The third-order valence-corrected chi connectivity index (χ3v) is 5.24. The van der Waals surface area contributed by atoms with Crippen molar-refractivity contribution in [1.29, 1.82) is 0 Å². The van der Waals surface area contributed by atoms with E-state index in [1.165, 1.54) is 19.3 Å². The van der Waals surface area contributed by atoms with Gasteiger partial charge in [0, 0.05) is 6.54 Å². The fraction of sp³-hybridized carbons (Fsp3) is 0.867. The minimum Gasteiger partial charge on any atom is -0.340 e. The van der Waals surface area contributed by atoms with E-state index >= 15 is 0 Å². The highest BCUT2D eigenvalue weighted by atomic mass is 16.2. The predicted molar refractivity (Wildman–Crippen MR) is 72.5 cm³/mol. The van der Waals surface area contributed by atoms with Crippen LogP contribution in [0.2, 0.25) is 0 Å². The van der Waals surface area contributed by atoms with Crippen LogP contribution in [0.3, 0.4) is 0 Å². The summed E-state index contributed by atoms with van der Waals surface area (Å²) < 4.78 is 0. The Bertz CT molecular complexity index is 406. The molecule has 2 saturated carbocycles. The molecule has 0 aromatic carbocycles. The average Bonchev–Trinajstić information content (AvgIpc) is 2.75. The molecule has 0 radical (unpaired) electrons. The fourth-order valence-corrected chi connectivity index (χ4v) is 3.76. The maximum Gasteiger partial charge on any atom is 0.248 e. The summed E-state index contributed by atoms with van der Waals surface area (Å²) in [4.78, 5) is 27.3. The van der Waals surface area contributed by atoms with Crippen LogP contribution < -0.4 is 5.32 Å². The van der Waals surface area contributed by atoms with Crippen molar-refractivity contribution in [2.24, 2.45) is 5.92 Å². The monoisotopic (exact) mass is 264 g/mol. The van der Waals surface area contributed by atoms with Crippen LogP contribution in [0.5, 0.6) is 0 Å². The molecule has 0 bridgehead atoms. The molecule has 1 saturated heterocycles. The normalized spacial score (nSPS) is 29.5. The Labute approximate surface area is 114 Å². The number of amides is 2. The van der Waals surface area contributed by atoms with Gasteiger partial charge in [-0.05, 0) is 45.4 Å². The van der Waals surface area contributed by atoms with E-state index in [0.29, 0.717) is 5.92 Å². The van der Waals surface area contributed by atoms with Crippen LogP contribution in [-0.2, 0) is 9.59 Å². The molecular formula is C15H24N2O2. The number of hydrogen-bond acceptors (Lipinski definition) is 2. The first-order valence-electron chi connectivity index (χ1n) is 7.60. The second-order valence-corrected chi connectivity index (χ2v) is 7.03. The maximum atomic E-state index is 12.7. The summed E-state index contributed by atoms with van der Waals surface area (Å²) in [5.74, 6) is 0.804. The lowest BCUT2D eigenvalue weighted by Gasteiger charge is -2.51. The summed E-state index contributed by atoms with van der Waals surface area (Å²) in [5.41, 5.74) is -1.27. The molecule has 0 aromatic heterocycles. The molecule has 3 aliphatic rings. The van der Waals surface area contributed by atoms with Gasteiger partial charge in [0.1, 0.15) is 11.1 Å². The van der Waals surface area contributed by atoms with E-state index in [9.17, 15) is 9.59 Å². The molecule has 0 aromatic rings. The lowest BCUT2D eigenvalue weighted by molar-refractivity contribution is -0.163. The Morgan fingerprint density at radius 1 is 1.16 bits per heavy atom. The molecule has 3 fully saturated rings. The summed E-state index contributed by atoms with van der Waals surface area (Å²) >= 11 is 0. The van der Waals surface area contributed by atoms with Gasteiger partial charge < -0.3 is 10.2 Å². The summed E-state index contributed by atoms with van der Waals surface area (Å²) in [6.45, 7) is 4.43. The number of hydrogen-bond donors (Lipinski definition) is 1. The number of rotatable bonds is 2. The van der Waals surface area contributed by atoms with Crippen molar-refractivity contribution in [2.45, 2.75) is 69.9 Å². The minimum absolute atomic E-state index is 0.0777. The summed E-state index contributed by atoms with van der Waals surface area (Å²) in [6.07, 6.45) is 7.49. The van der Waals surface area contributed by atoms with Gasteiger partial charge in [-0.15, -0.1) is 0 Å². The molecular weight excluding hydrogens is 240 g/mol. The summed E-state index contributed by atoms with van der Waals surface area (Å²) in [6, 6.07) is 0. The van der Waals surface area contributed by atoms with Crippen molar-refractivity contribution in [1.82, 2.24) is 10.2 Å². The van der Waals surface area contributed by atoms with Gasteiger partial charge in [0.15, 0.2) is 0 Å². The van der Waals surface area contributed by atoms with Gasteiger partial charge in [0.05, 0.1) is 0 Å². The van der Waals surface area contributed by atoms with Crippen LogP contribution in [0.15, 0.2) is 0 Å². The molecule has 2 aliphatic carbocycles. The smallest absolute Gasteiger partial charge is 0.248 e. The summed E-state index contributed by atoms with van der Waals surface area (Å²) in [5, 5.41) is 2.95. The van der Waals surface area contributed by atoms with Gasteiger partial charge in [0.2, 0.25) is 11.8 Å². The number of nitrogens with zero attached hydrogens (tertiary/aromatic N) is 1. The maximum absolute atomic E-state index is 12.7. The third-order valence-electron chi connectivity index (χ3n) is 5.24. The number of carbonyl (C=O) groups excluding carboxylic acids is 2. The number of carbonyl (C=O) groups is 2. The molecule has 3 rings (SSSR count). The molecule has 1 N–H and O–H groups in total. The van der Waals surface area contributed by atoms with Crippen molar-refractivity contribution >= 4 is 11.8 Å². The van der Waals surface area contributed by atoms with E-state index in [4.69, 9.17) is 0 Å². The van der Waals surface area contributed by atoms with Crippen molar-refractivity contribution in [2.75, 3.05) is 6.54 Å². The number of piperazine rings is 1. The first-order valence-corrected chi connectivity index (χ1v) is 7.60. The Hall–Kier alpha value is -1.06. The first-order chi connectivity index (χ1) is 8.96. The Kier molecular flexibility index (Phi) is 2.88. The van der Waals surface area contributed by atoms with E-state index in [0.717, 1.165) is 32.2 Å². The molecule has 0 atom stereocenters. The van der Waals surface area contributed by atoms with E-state index < -0.39 is 11.1 Å². The zero-order chi connectivity index (χ0) is 13.7. The second-order valence-electron chi connectivity index (χ2n) is 7.03. The standard InChI is InChI=1S/C15H24N2O2/c1-14(2)13(19)17(10-11-6-5-7-11)15(12(18)16-14)8-3-4-9-15/h11H,3-10H2,1-2H3,(H,16,18). The van der Waals surface area contributed by atoms with Gasteiger partial charge in [-0.1, -0.05) is 19.3 Å². The van der Waals surface area contributed by atoms with Crippen molar-refractivity contribution < 1.29 is 9.59 Å². The van der Waals surface area contributed by atoms with Gasteiger partial charge in [-0.3, -0.25) is 9.59 Å². The average molecular weight is 264 g/mol. The molecule has 19 heavy (non-hydrogen) atoms. The van der Waals surface area contributed by atoms with Crippen LogP contribution in [0.25, 0.3) is 0 Å². The molecule has 1 heterocycles. The van der Waals surface area contributed by atoms with Gasteiger partial charge in [0.25, 0.3) is 0 Å². The Morgan fingerprint density at radius 3 is 2.32 bits per heavy atom. The fourth-order valence-electron chi connectivity index (χ4n) is 3.76. The quantitative estimate of drug-likeness (QED) is 0.827. The zero-order valence-electron chi connectivity index (χ0n) is 12.0. The van der Waals surface area contributed by atoms with Crippen molar-refractivity contribution in [3.05, 3.63) is 0 Å². The lowest BCUT2D eigenvalue weighted by atomic mass is 9.80. The van der Waals surface area contributed by atoms with Gasteiger partial charge in [-0.25, -0.2) is 0 Å². The van der Waals surface area contributed by atoms with E-state index in [-0.39, 0.29) is 11.8 Å². The van der Waals surface area contributed by atoms with Crippen LogP contribution in [-0.4, -0.2) is 34.3 Å². The molecule has 106 valence electrons. The molecule has 4 nitrogen and oxygen atoms in total. The predicted octanol–water partition coefficient (Wildman–Crippen LogP) is 1.84. The van der Waals surface area contributed by atoms with Gasteiger partial charge >= 0.3 is 0 Å². The Morgan fingerprint density at radius 2 is 1.79 bits per heavy atom. The largest absolute Gasteiger partial charge is 0.340 e. The highest BCUT2D eigenvalue weighted by Crippen LogP contribution is 2.41. The van der Waals surface area contributed by atoms with E-state index in [1.807, 2.05) is 18.7 Å². The summed E-state index contributed by atoms with van der Waals surface area (Å²) in [7, 11) is 0. The Balaban J connectivity index is 1.91. The van der Waals surface area contributed by atoms with Crippen LogP contribution in [0, 0.1) is 5.92 Å². The molecule has 1 spiro atoms. The highest BCUT2D eigenvalue weighted by molar-refractivity contribution is 6.02. The second kappa shape index (κ2) is 4.22. The highest BCUT2D eigenvalue weighted by Gasteiger charge is 2.56. The van der Waals surface area contributed by atoms with Crippen LogP contribution in [0.4, 0.5) is 0 Å².